The van der Waals surface area contributed by atoms with E-state index in [9.17, 15) is 4.79 Å². The zero-order valence-electron chi connectivity index (χ0n) is 7.19. The van der Waals surface area contributed by atoms with E-state index in [1.807, 2.05) is 4.90 Å². The average molecular weight is 197 g/mol. The van der Waals surface area contributed by atoms with Crippen LogP contribution < -0.4 is 5.73 Å². The smallest absolute Gasteiger partial charge is 0.265 e. The van der Waals surface area contributed by atoms with Gasteiger partial charge in [0.2, 0.25) is 0 Å². The number of amides is 1. The lowest BCUT2D eigenvalue weighted by molar-refractivity contribution is 0.0797. The van der Waals surface area contributed by atoms with Crippen LogP contribution in [-0.2, 0) is 0 Å². The number of aromatic nitrogens is 1. The molecule has 0 spiro atoms. The minimum atomic E-state index is 0.0756. The Labute approximate surface area is 80.5 Å². The van der Waals surface area contributed by atoms with Gasteiger partial charge in [-0.3, -0.25) is 4.79 Å². The van der Waals surface area contributed by atoms with Crippen LogP contribution in [0.25, 0.3) is 0 Å². The van der Waals surface area contributed by atoms with Gasteiger partial charge in [0.05, 0.1) is 0 Å². The van der Waals surface area contributed by atoms with Crippen LogP contribution in [0.1, 0.15) is 22.5 Å². The predicted molar refractivity (Wildman–Crippen MR) is 51.7 cm³/mol. The van der Waals surface area contributed by atoms with E-state index in [0.29, 0.717) is 10.7 Å². The summed E-state index contributed by atoms with van der Waals surface area (Å²) in [4.78, 5) is 14.2. The lowest BCUT2D eigenvalue weighted by atomic mass is 10.4. The molecule has 0 aliphatic carbocycles. The Morgan fingerprint density at radius 1 is 1.54 bits per heavy atom. The van der Waals surface area contributed by atoms with Crippen molar-refractivity contribution in [2.45, 2.75) is 12.8 Å². The van der Waals surface area contributed by atoms with Gasteiger partial charge in [-0.1, -0.05) is 0 Å². The summed E-state index contributed by atoms with van der Waals surface area (Å²) in [5.74, 6) is 0.513. The Morgan fingerprint density at radius 2 is 2.23 bits per heavy atom. The van der Waals surface area contributed by atoms with E-state index in [0.717, 1.165) is 25.9 Å². The summed E-state index contributed by atoms with van der Waals surface area (Å²) in [5.41, 5.74) is 5.44. The Morgan fingerprint density at radius 3 is 2.77 bits per heavy atom. The maximum absolute atomic E-state index is 11.7. The minimum Gasteiger partial charge on any atom is -0.383 e. The van der Waals surface area contributed by atoms with Crippen molar-refractivity contribution in [2.75, 3.05) is 18.8 Å². The standard InChI is InChI=1S/C8H11N3OS/c9-7-5-6(13-10-7)8(12)11-3-1-2-4-11/h5H,1-4H2,(H2,9,10). The van der Waals surface area contributed by atoms with Crippen molar-refractivity contribution in [3.8, 4) is 0 Å². The molecule has 0 unspecified atom stereocenters. The van der Waals surface area contributed by atoms with Gasteiger partial charge in [-0.15, -0.1) is 0 Å². The van der Waals surface area contributed by atoms with Crippen molar-refractivity contribution < 1.29 is 4.79 Å². The van der Waals surface area contributed by atoms with E-state index >= 15 is 0 Å². The van der Waals surface area contributed by atoms with Gasteiger partial charge < -0.3 is 10.6 Å². The second-order valence-corrected chi connectivity index (χ2v) is 3.92. The largest absolute Gasteiger partial charge is 0.383 e. The molecule has 1 aromatic heterocycles. The fraction of sp³-hybridized carbons (Fsp3) is 0.500. The first-order chi connectivity index (χ1) is 6.27. The third kappa shape index (κ3) is 1.65. The number of likely N-dealkylation sites (tertiary alicyclic amines) is 1. The highest BCUT2D eigenvalue weighted by atomic mass is 32.1. The monoisotopic (exact) mass is 197 g/mol. The molecule has 2 heterocycles. The molecule has 1 aliphatic rings. The number of carbonyl (C=O) groups is 1. The third-order valence-electron chi connectivity index (χ3n) is 2.13. The van der Waals surface area contributed by atoms with Gasteiger partial charge in [0.1, 0.15) is 10.7 Å². The average Bonchev–Trinajstić information content (AvgIpc) is 2.72. The zero-order chi connectivity index (χ0) is 9.26. The van der Waals surface area contributed by atoms with E-state index in [2.05, 4.69) is 4.37 Å². The number of nitrogen functional groups attached to an aromatic ring is 1. The number of rotatable bonds is 1. The highest BCUT2D eigenvalue weighted by molar-refractivity contribution is 7.08. The molecule has 2 N–H and O–H groups in total. The maximum atomic E-state index is 11.7. The molecular weight excluding hydrogens is 186 g/mol. The van der Waals surface area contributed by atoms with Crippen LogP contribution in [0.3, 0.4) is 0 Å². The van der Waals surface area contributed by atoms with Crippen LogP contribution in [0.5, 0.6) is 0 Å². The van der Waals surface area contributed by atoms with E-state index < -0.39 is 0 Å². The highest BCUT2D eigenvalue weighted by Gasteiger charge is 2.20. The summed E-state index contributed by atoms with van der Waals surface area (Å²) in [6, 6.07) is 1.64. The summed E-state index contributed by atoms with van der Waals surface area (Å²) >= 11 is 1.18. The Kier molecular flexibility index (Phi) is 2.18. The zero-order valence-corrected chi connectivity index (χ0v) is 8.01. The van der Waals surface area contributed by atoms with Gasteiger partial charge in [-0.25, -0.2) is 0 Å². The molecular formula is C8H11N3OS. The van der Waals surface area contributed by atoms with E-state index in [1.165, 1.54) is 11.5 Å². The number of hydrogen-bond donors (Lipinski definition) is 1. The van der Waals surface area contributed by atoms with E-state index in [-0.39, 0.29) is 5.91 Å². The van der Waals surface area contributed by atoms with Crippen molar-refractivity contribution in [3.05, 3.63) is 10.9 Å². The fourth-order valence-corrected chi connectivity index (χ4v) is 2.10. The van der Waals surface area contributed by atoms with Crippen molar-refractivity contribution in [3.63, 3.8) is 0 Å². The van der Waals surface area contributed by atoms with Gasteiger partial charge in [-0.2, -0.15) is 4.37 Å². The Bertz CT molecular complexity index is 317. The summed E-state index contributed by atoms with van der Waals surface area (Å²) in [6.07, 6.45) is 2.22. The number of anilines is 1. The normalized spacial score (nSPS) is 16.5. The quantitative estimate of drug-likeness (QED) is 0.729. The van der Waals surface area contributed by atoms with Gasteiger partial charge in [0, 0.05) is 19.2 Å². The summed E-state index contributed by atoms with van der Waals surface area (Å²) < 4.78 is 3.88. The molecule has 0 aromatic carbocycles. The maximum Gasteiger partial charge on any atom is 0.265 e. The Balaban J connectivity index is 2.12. The molecule has 13 heavy (non-hydrogen) atoms. The van der Waals surface area contributed by atoms with Crippen LogP contribution in [0.4, 0.5) is 5.82 Å². The fourth-order valence-electron chi connectivity index (χ4n) is 1.47. The second-order valence-electron chi connectivity index (χ2n) is 3.12. The Hall–Kier alpha value is -1.10. The molecule has 1 aromatic rings. The van der Waals surface area contributed by atoms with Crippen LogP contribution in [0.15, 0.2) is 6.07 Å². The first-order valence-electron chi connectivity index (χ1n) is 4.29. The van der Waals surface area contributed by atoms with Gasteiger partial charge in [-0.05, 0) is 24.4 Å². The van der Waals surface area contributed by atoms with Crippen LogP contribution >= 0.6 is 11.5 Å². The SMILES string of the molecule is Nc1cc(C(=O)N2CCCC2)sn1. The number of nitrogens with zero attached hydrogens (tertiary/aromatic N) is 2. The molecule has 2 rings (SSSR count). The molecule has 0 radical (unpaired) electrons. The molecule has 0 atom stereocenters. The van der Waals surface area contributed by atoms with Gasteiger partial charge in [0.25, 0.3) is 5.91 Å². The lowest BCUT2D eigenvalue weighted by Crippen LogP contribution is -2.26. The highest BCUT2D eigenvalue weighted by Crippen LogP contribution is 2.17. The molecule has 0 bridgehead atoms. The molecule has 1 fully saturated rings. The van der Waals surface area contributed by atoms with Gasteiger partial charge >= 0.3 is 0 Å². The molecule has 1 amide bonds. The number of nitrogens with two attached hydrogens (primary N) is 1. The van der Waals surface area contributed by atoms with Crippen LogP contribution in [0, 0.1) is 0 Å². The first kappa shape index (κ1) is 8.50. The number of hydrogen-bond acceptors (Lipinski definition) is 4. The lowest BCUT2D eigenvalue weighted by Gasteiger charge is -2.12. The number of carbonyl (C=O) groups excluding carboxylic acids is 1. The van der Waals surface area contributed by atoms with Crippen molar-refractivity contribution in [2.24, 2.45) is 0 Å². The first-order valence-corrected chi connectivity index (χ1v) is 5.06. The van der Waals surface area contributed by atoms with Crippen LogP contribution in [0.2, 0.25) is 0 Å². The summed E-state index contributed by atoms with van der Waals surface area (Å²) in [5, 5.41) is 0. The van der Waals surface area contributed by atoms with Crippen molar-refractivity contribution in [1.82, 2.24) is 9.27 Å². The summed E-state index contributed by atoms with van der Waals surface area (Å²) in [7, 11) is 0. The molecule has 1 aliphatic heterocycles. The molecule has 1 saturated heterocycles. The van der Waals surface area contributed by atoms with E-state index in [1.54, 1.807) is 6.07 Å². The van der Waals surface area contributed by atoms with Crippen molar-refractivity contribution >= 4 is 23.3 Å². The molecule has 4 nitrogen and oxygen atoms in total. The second kappa shape index (κ2) is 3.33. The summed E-state index contributed by atoms with van der Waals surface area (Å²) in [6.45, 7) is 1.74. The van der Waals surface area contributed by atoms with Gasteiger partial charge in [0.15, 0.2) is 0 Å². The molecule has 70 valence electrons. The predicted octanol–water partition coefficient (Wildman–Crippen LogP) is 0.961. The van der Waals surface area contributed by atoms with E-state index in [4.69, 9.17) is 5.73 Å². The minimum absolute atomic E-state index is 0.0756. The molecule has 0 saturated carbocycles. The van der Waals surface area contributed by atoms with Crippen LogP contribution in [-0.4, -0.2) is 28.3 Å². The third-order valence-corrected chi connectivity index (χ3v) is 2.92. The van der Waals surface area contributed by atoms with Crippen molar-refractivity contribution in [1.29, 1.82) is 0 Å². The molecule has 5 heteroatoms. The topological polar surface area (TPSA) is 59.2 Å².